The smallest absolute Gasteiger partial charge is 0.254 e. The van der Waals surface area contributed by atoms with Crippen LogP contribution in [-0.4, -0.2) is 43.7 Å². The van der Waals surface area contributed by atoms with Gasteiger partial charge in [-0.25, -0.2) is 0 Å². The molecule has 7 nitrogen and oxygen atoms in total. The van der Waals surface area contributed by atoms with Gasteiger partial charge in [0.1, 0.15) is 11.8 Å². The number of hydrogen-bond acceptors (Lipinski definition) is 6. The summed E-state index contributed by atoms with van der Waals surface area (Å²) >= 11 is 0. The molecule has 2 aliphatic carbocycles. The van der Waals surface area contributed by atoms with Gasteiger partial charge in [-0.15, -0.1) is 0 Å². The fourth-order valence-corrected chi connectivity index (χ4v) is 4.26. The van der Waals surface area contributed by atoms with Gasteiger partial charge in [-0.2, -0.15) is 15.4 Å². The summed E-state index contributed by atoms with van der Waals surface area (Å²) in [6.45, 7) is -0.0987. The first kappa shape index (κ1) is 17.3. The minimum Gasteiger partial charge on any atom is -0.478 e. The molecule has 4 unspecified atom stereocenters. The van der Waals surface area contributed by atoms with Crippen LogP contribution in [-0.2, 0) is 9.59 Å². The number of anilines is 1. The summed E-state index contributed by atoms with van der Waals surface area (Å²) in [4.78, 5) is 27.3. The molecule has 1 aromatic carbocycles. The van der Waals surface area contributed by atoms with Crippen LogP contribution < -0.4 is 9.64 Å². The second-order valence-corrected chi connectivity index (χ2v) is 7.30. The number of allylic oxidation sites excluding steroid dienone is 2. The lowest BCUT2D eigenvalue weighted by Gasteiger charge is -2.15. The number of carbonyl (C=O) groups is 2. The lowest BCUT2D eigenvalue weighted by molar-refractivity contribution is -0.140. The Morgan fingerprint density at radius 2 is 1.93 bits per heavy atom. The minimum atomic E-state index is -0.268. The van der Waals surface area contributed by atoms with Gasteiger partial charge in [-0.05, 0) is 30.4 Å². The molecule has 0 radical (unpaired) electrons. The molecule has 27 heavy (non-hydrogen) atoms. The fourth-order valence-electron chi connectivity index (χ4n) is 4.26. The molecule has 7 heteroatoms. The van der Waals surface area contributed by atoms with Crippen molar-refractivity contribution in [1.82, 2.24) is 5.01 Å². The van der Waals surface area contributed by atoms with Crippen molar-refractivity contribution in [2.75, 3.05) is 25.6 Å². The molecule has 1 heterocycles. The van der Waals surface area contributed by atoms with Crippen LogP contribution in [0.3, 0.4) is 0 Å². The van der Waals surface area contributed by atoms with Gasteiger partial charge < -0.3 is 9.64 Å². The van der Waals surface area contributed by atoms with Crippen molar-refractivity contribution < 1.29 is 14.3 Å². The molecular weight excluding hydrogens is 344 g/mol. The number of ether oxygens (including phenoxy) is 1. The first-order chi connectivity index (χ1) is 13.0. The van der Waals surface area contributed by atoms with Crippen molar-refractivity contribution in [3.05, 3.63) is 35.9 Å². The summed E-state index contributed by atoms with van der Waals surface area (Å²) < 4.78 is 5.49. The average Bonchev–Trinajstić information content (AvgIpc) is 3.33. The zero-order chi connectivity index (χ0) is 19.1. The minimum absolute atomic E-state index is 0.0987. The number of rotatable bonds is 5. The zero-order valence-corrected chi connectivity index (χ0v) is 15.2. The van der Waals surface area contributed by atoms with E-state index in [2.05, 4.69) is 17.3 Å². The SMILES string of the molecule is CN(C)c1ccc(C=NN2C(=O)C3C4C=CC(C4)C3C2=O)c(OCC#N)c1. The van der Waals surface area contributed by atoms with Crippen LogP contribution in [0.4, 0.5) is 5.69 Å². The first-order valence-electron chi connectivity index (χ1n) is 8.92. The maximum atomic E-state index is 12.7. The molecule has 4 rings (SSSR count). The molecule has 2 bridgehead atoms. The van der Waals surface area contributed by atoms with E-state index in [9.17, 15) is 9.59 Å². The Morgan fingerprint density at radius 3 is 2.52 bits per heavy atom. The molecular formula is C20H20N4O3. The van der Waals surface area contributed by atoms with E-state index in [1.165, 1.54) is 6.21 Å². The normalized spacial score (nSPS) is 28.1. The molecule has 0 spiro atoms. The summed E-state index contributed by atoms with van der Waals surface area (Å²) in [7, 11) is 3.81. The number of nitrogens with zero attached hydrogens (tertiary/aromatic N) is 4. The van der Waals surface area contributed by atoms with Crippen molar-refractivity contribution in [2.45, 2.75) is 6.42 Å². The van der Waals surface area contributed by atoms with Crippen molar-refractivity contribution in [3.63, 3.8) is 0 Å². The summed E-state index contributed by atoms with van der Waals surface area (Å²) in [5, 5.41) is 14.0. The Labute approximate surface area is 157 Å². The molecule has 1 aliphatic heterocycles. The maximum Gasteiger partial charge on any atom is 0.254 e. The molecule has 2 amide bonds. The van der Waals surface area contributed by atoms with Crippen LogP contribution in [0.15, 0.2) is 35.5 Å². The highest BCUT2D eigenvalue weighted by atomic mass is 16.5. The van der Waals surface area contributed by atoms with Gasteiger partial charge in [0.15, 0.2) is 6.61 Å². The molecule has 3 aliphatic rings. The molecule has 1 aromatic rings. The third-order valence-corrected chi connectivity index (χ3v) is 5.57. The Hall–Kier alpha value is -3.14. The van der Waals surface area contributed by atoms with E-state index in [4.69, 9.17) is 10.00 Å². The van der Waals surface area contributed by atoms with Gasteiger partial charge in [0.2, 0.25) is 0 Å². The number of benzene rings is 1. The predicted octanol–water partition coefficient (Wildman–Crippen LogP) is 1.80. The number of hydrogen-bond donors (Lipinski definition) is 0. The van der Waals surface area contributed by atoms with Crippen LogP contribution in [0.2, 0.25) is 0 Å². The van der Waals surface area contributed by atoms with Crippen LogP contribution in [0.5, 0.6) is 5.75 Å². The monoisotopic (exact) mass is 364 g/mol. The van der Waals surface area contributed by atoms with Crippen LogP contribution in [0, 0.1) is 35.0 Å². The van der Waals surface area contributed by atoms with Crippen molar-refractivity contribution in [3.8, 4) is 11.8 Å². The van der Waals surface area contributed by atoms with E-state index in [1.807, 2.05) is 31.1 Å². The lowest BCUT2D eigenvalue weighted by Crippen LogP contribution is -2.28. The highest BCUT2D eigenvalue weighted by Crippen LogP contribution is 2.52. The van der Waals surface area contributed by atoms with E-state index < -0.39 is 0 Å². The van der Waals surface area contributed by atoms with Crippen LogP contribution >= 0.6 is 0 Å². The van der Waals surface area contributed by atoms with Gasteiger partial charge in [-0.1, -0.05) is 12.2 Å². The van der Waals surface area contributed by atoms with Crippen molar-refractivity contribution in [1.29, 1.82) is 5.26 Å². The molecule has 2 fully saturated rings. The van der Waals surface area contributed by atoms with Gasteiger partial charge in [-0.3, -0.25) is 9.59 Å². The zero-order valence-electron chi connectivity index (χ0n) is 15.2. The summed E-state index contributed by atoms with van der Waals surface area (Å²) in [6, 6.07) is 7.41. The average molecular weight is 364 g/mol. The van der Waals surface area contributed by atoms with E-state index in [0.717, 1.165) is 17.1 Å². The molecule has 1 saturated heterocycles. The number of carbonyl (C=O) groups excluding carboxylic acids is 2. The number of amides is 2. The molecule has 0 aromatic heterocycles. The van der Waals surface area contributed by atoms with Gasteiger partial charge >= 0.3 is 0 Å². The summed E-state index contributed by atoms with van der Waals surface area (Å²) in [5.41, 5.74) is 1.51. The fraction of sp³-hybridized carbons (Fsp3) is 0.400. The Kier molecular flexibility index (Phi) is 4.19. The predicted molar refractivity (Wildman–Crippen MR) is 99.0 cm³/mol. The molecule has 4 atom stereocenters. The highest BCUT2D eigenvalue weighted by Gasteiger charge is 2.59. The molecule has 0 N–H and O–H groups in total. The third-order valence-electron chi connectivity index (χ3n) is 5.57. The van der Waals surface area contributed by atoms with Gasteiger partial charge in [0, 0.05) is 31.4 Å². The van der Waals surface area contributed by atoms with E-state index >= 15 is 0 Å². The van der Waals surface area contributed by atoms with E-state index in [-0.39, 0.29) is 42.1 Å². The number of imide groups is 1. The molecule has 1 saturated carbocycles. The second kappa shape index (κ2) is 6.54. The van der Waals surface area contributed by atoms with Crippen molar-refractivity contribution in [2.24, 2.45) is 28.8 Å². The first-order valence-corrected chi connectivity index (χ1v) is 8.92. The summed E-state index contributed by atoms with van der Waals surface area (Å²) in [6.07, 6.45) is 6.46. The second-order valence-electron chi connectivity index (χ2n) is 7.30. The van der Waals surface area contributed by atoms with Gasteiger partial charge in [0.05, 0.1) is 18.1 Å². The van der Waals surface area contributed by atoms with Crippen LogP contribution in [0.1, 0.15) is 12.0 Å². The topological polar surface area (TPSA) is 86.0 Å². The Balaban J connectivity index is 1.59. The largest absolute Gasteiger partial charge is 0.478 e. The highest BCUT2D eigenvalue weighted by molar-refractivity contribution is 6.06. The number of hydrazone groups is 1. The number of fused-ring (bicyclic) bond motifs is 5. The standard InChI is InChI=1S/C20H20N4O3/c1-23(2)15-6-5-14(16(10-15)27-8-7-21)11-22-24-19(25)17-12-3-4-13(9-12)18(17)20(24)26/h3-6,10-13,17-18H,8-9H2,1-2H3. The lowest BCUT2D eigenvalue weighted by atomic mass is 9.85. The molecule has 138 valence electrons. The quantitative estimate of drug-likeness (QED) is 0.452. The Morgan fingerprint density at radius 1 is 1.26 bits per heavy atom. The van der Waals surface area contributed by atoms with E-state index in [0.29, 0.717) is 11.3 Å². The van der Waals surface area contributed by atoms with Crippen LogP contribution in [0.25, 0.3) is 0 Å². The Bertz CT molecular complexity index is 869. The maximum absolute atomic E-state index is 12.7. The van der Waals surface area contributed by atoms with Crippen molar-refractivity contribution >= 4 is 23.7 Å². The number of nitriles is 1. The third kappa shape index (κ3) is 2.78. The van der Waals surface area contributed by atoms with E-state index in [1.54, 1.807) is 12.1 Å². The summed E-state index contributed by atoms with van der Waals surface area (Å²) in [5.74, 6) is -0.182. The van der Waals surface area contributed by atoms with Gasteiger partial charge in [0.25, 0.3) is 11.8 Å².